The number of rotatable bonds is 3. The molecule has 16 heavy (non-hydrogen) atoms. The van der Waals surface area contributed by atoms with Crippen LogP contribution in [-0.2, 0) is 4.79 Å². The molecular formula is C13H18O3. The molecular weight excluding hydrogens is 204 g/mol. The van der Waals surface area contributed by atoms with E-state index in [4.69, 9.17) is 4.74 Å². The molecule has 0 aliphatic heterocycles. The van der Waals surface area contributed by atoms with E-state index in [1.165, 1.54) is 6.92 Å². The van der Waals surface area contributed by atoms with E-state index >= 15 is 0 Å². The molecule has 0 saturated carbocycles. The standard InChI is InChI=1S/C13H18O3/c1-9(14)12(15)10-5-7-11(8-6-10)16-13(2,3)4/h5-8,12,15H,1-4H3. The first kappa shape index (κ1) is 12.7. The van der Waals surface area contributed by atoms with Crippen molar-refractivity contribution in [2.24, 2.45) is 0 Å². The smallest absolute Gasteiger partial charge is 0.162 e. The average molecular weight is 222 g/mol. The summed E-state index contributed by atoms with van der Waals surface area (Å²) in [6.07, 6.45) is -1.04. The van der Waals surface area contributed by atoms with Crippen LogP contribution in [0.1, 0.15) is 39.4 Å². The Labute approximate surface area is 96.1 Å². The highest BCUT2D eigenvalue weighted by Crippen LogP contribution is 2.21. The quantitative estimate of drug-likeness (QED) is 0.854. The number of hydrogen-bond donors (Lipinski definition) is 1. The number of aliphatic hydroxyl groups is 1. The lowest BCUT2D eigenvalue weighted by Gasteiger charge is -2.21. The predicted octanol–water partition coefficient (Wildman–Crippen LogP) is 2.49. The van der Waals surface area contributed by atoms with Gasteiger partial charge in [0, 0.05) is 0 Å². The highest BCUT2D eigenvalue weighted by atomic mass is 16.5. The van der Waals surface area contributed by atoms with E-state index in [1.807, 2.05) is 20.8 Å². The molecule has 1 rings (SSSR count). The first-order chi connectivity index (χ1) is 7.29. The van der Waals surface area contributed by atoms with Crippen LogP contribution < -0.4 is 4.74 Å². The van der Waals surface area contributed by atoms with Gasteiger partial charge in [-0.3, -0.25) is 4.79 Å². The first-order valence-electron chi connectivity index (χ1n) is 5.27. The molecule has 1 aromatic carbocycles. The Balaban J connectivity index is 2.79. The molecule has 0 amide bonds. The van der Waals surface area contributed by atoms with Crippen molar-refractivity contribution in [1.29, 1.82) is 0 Å². The normalized spacial score (nSPS) is 13.3. The molecule has 0 aromatic heterocycles. The van der Waals surface area contributed by atoms with Gasteiger partial charge in [0.2, 0.25) is 0 Å². The van der Waals surface area contributed by atoms with Crippen LogP contribution in [0.3, 0.4) is 0 Å². The lowest BCUT2D eigenvalue weighted by Crippen LogP contribution is -2.22. The highest BCUT2D eigenvalue weighted by molar-refractivity contribution is 5.81. The fourth-order valence-electron chi connectivity index (χ4n) is 1.31. The zero-order valence-electron chi connectivity index (χ0n) is 10.2. The van der Waals surface area contributed by atoms with Gasteiger partial charge >= 0.3 is 0 Å². The Morgan fingerprint density at radius 3 is 2.12 bits per heavy atom. The minimum atomic E-state index is -1.04. The van der Waals surface area contributed by atoms with E-state index in [2.05, 4.69) is 0 Å². The predicted molar refractivity (Wildman–Crippen MR) is 62.5 cm³/mol. The molecule has 0 heterocycles. The fourth-order valence-corrected chi connectivity index (χ4v) is 1.31. The molecule has 0 radical (unpaired) electrons. The number of Topliss-reactive ketones (excluding diaryl/α,β-unsaturated/α-hetero) is 1. The average Bonchev–Trinajstić information content (AvgIpc) is 2.15. The van der Waals surface area contributed by atoms with Gasteiger partial charge in [-0.2, -0.15) is 0 Å². The van der Waals surface area contributed by atoms with Crippen LogP contribution in [0, 0.1) is 0 Å². The summed E-state index contributed by atoms with van der Waals surface area (Å²) in [5.41, 5.74) is 0.342. The van der Waals surface area contributed by atoms with Crippen LogP contribution in [0.25, 0.3) is 0 Å². The van der Waals surface area contributed by atoms with E-state index < -0.39 is 6.10 Å². The number of carbonyl (C=O) groups excluding carboxylic acids is 1. The second-order valence-electron chi connectivity index (χ2n) is 4.80. The van der Waals surface area contributed by atoms with Crippen molar-refractivity contribution < 1.29 is 14.6 Å². The summed E-state index contributed by atoms with van der Waals surface area (Å²) in [6, 6.07) is 6.92. The largest absolute Gasteiger partial charge is 0.488 e. The van der Waals surface area contributed by atoms with Crippen molar-refractivity contribution in [3.8, 4) is 5.75 Å². The molecule has 0 aliphatic rings. The van der Waals surface area contributed by atoms with E-state index in [1.54, 1.807) is 24.3 Å². The minimum absolute atomic E-state index is 0.249. The van der Waals surface area contributed by atoms with Crippen molar-refractivity contribution in [3.63, 3.8) is 0 Å². The van der Waals surface area contributed by atoms with Crippen LogP contribution in [0.4, 0.5) is 0 Å². The Hall–Kier alpha value is -1.35. The fraction of sp³-hybridized carbons (Fsp3) is 0.462. The summed E-state index contributed by atoms with van der Waals surface area (Å²) < 4.78 is 5.63. The number of carbonyl (C=O) groups is 1. The summed E-state index contributed by atoms with van der Waals surface area (Å²) in [4.78, 5) is 11.0. The van der Waals surface area contributed by atoms with Crippen LogP contribution in [0.15, 0.2) is 24.3 Å². The molecule has 1 N–H and O–H groups in total. The first-order valence-corrected chi connectivity index (χ1v) is 5.27. The lowest BCUT2D eigenvalue weighted by atomic mass is 10.1. The Kier molecular flexibility index (Phi) is 3.70. The molecule has 0 bridgehead atoms. The van der Waals surface area contributed by atoms with Crippen LogP contribution in [0.2, 0.25) is 0 Å². The van der Waals surface area contributed by atoms with E-state index in [0.29, 0.717) is 5.56 Å². The van der Waals surface area contributed by atoms with Crippen molar-refractivity contribution >= 4 is 5.78 Å². The molecule has 3 nitrogen and oxygen atoms in total. The SMILES string of the molecule is CC(=O)C(O)c1ccc(OC(C)(C)C)cc1. The van der Waals surface area contributed by atoms with Gasteiger partial charge in [0.15, 0.2) is 5.78 Å². The minimum Gasteiger partial charge on any atom is -0.488 e. The van der Waals surface area contributed by atoms with Gasteiger partial charge < -0.3 is 9.84 Å². The monoisotopic (exact) mass is 222 g/mol. The molecule has 0 fully saturated rings. The molecule has 88 valence electrons. The van der Waals surface area contributed by atoms with Crippen molar-refractivity contribution in [2.75, 3.05) is 0 Å². The third kappa shape index (κ3) is 3.66. The van der Waals surface area contributed by atoms with Gasteiger partial charge in [0.05, 0.1) is 0 Å². The van der Waals surface area contributed by atoms with Crippen LogP contribution >= 0.6 is 0 Å². The van der Waals surface area contributed by atoms with Crippen LogP contribution in [-0.4, -0.2) is 16.5 Å². The zero-order valence-corrected chi connectivity index (χ0v) is 10.2. The Morgan fingerprint density at radius 2 is 1.75 bits per heavy atom. The van der Waals surface area contributed by atoms with E-state index in [9.17, 15) is 9.90 Å². The van der Waals surface area contributed by atoms with E-state index in [0.717, 1.165) is 5.75 Å². The number of ketones is 1. The second-order valence-corrected chi connectivity index (χ2v) is 4.80. The molecule has 3 heteroatoms. The number of hydrogen-bond acceptors (Lipinski definition) is 3. The summed E-state index contributed by atoms with van der Waals surface area (Å²) in [6.45, 7) is 7.26. The molecule has 0 aliphatic carbocycles. The molecule has 1 aromatic rings. The maximum atomic E-state index is 11.0. The Bertz CT molecular complexity index is 360. The van der Waals surface area contributed by atoms with Gasteiger partial charge in [-0.1, -0.05) is 12.1 Å². The van der Waals surface area contributed by atoms with Crippen molar-refractivity contribution in [3.05, 3.63) is 29.8 Å². The lowest BCUT2D eigenvalue weighted by molar-refractivity contribution is -0.125. The second kappa shape index (κ2) is 4.66. The number of benzene rings is 1. The molecule has 1 unspecified atom stereocenters. The maximum Gasteiger partial charge on any atom is 0.162 e. The summed E-state index contributed by atoms with van der Waals surface area (Å²) >= 11 is 0. The number of ether oxygens (including phenoxy) is 1. The number of aliphatic hydroxyl groups excluding tert-OH is 1. The van der Waals surface area contributed by atoms with Gasteiger partial charge in [-0.15, -0.1) is 0 Å². The van der Waals surface area contributed by atoms with E-state index in [-0.39, 0.29) is 11.4 Å². The van der Waals surface area contributed by atoms with Crippen LogP contribution in [0.5, 0.6) is 5.75 Å². The molecule has 1 atom stereocenters. The maximum absolute atomic E-state index is 11.0. The van der Waals surface area contributed by atoms with Gasteiger partial charge in [-0.05, 0) is 45.4 Å². The summed E-state index contributed by atoms with van der Waals surface area (Å²) in [5, 5.41) is 9.53. The third-order valence-corrected chi connectivity index (χ3v) is 2.00. The molecule has 0 spiro atoms. The van der Waals surface area contributed by atoms with Gasteiger partial charge in [0.1, 0.15) is 17.5 Å². The topological polar surface area (TPSA) is 46.5 Å². The summed E-state index contributed by atoms with van der Waals surface area (Å²) in [7, 11) is 0. The third-order valence-electron chi connectivity index (χ3n) is 2.00. The Morgan fingerprint density at radius 1 is 1.25 bits per heavy atom. The van der Waals surface area contributed by atoms with Gasteiger partial charge in [0.25, 0.3) is 0 Å². The summed E-state index contributed by atoms with van der Waals surface area (Å²) in [5.74, 6) is 0.469. The zero-order chi connectivity index (χ0) is 12.3. The van der Waals surface area contributed by atoms with Gasteiger partial charge in [-0.25, -0.2) is 0 Å². The van der Waals surface area contributed by atoms with Crippen molar-refractivity contribution in [2.45, 2.75) is 39.4 Å². The molecule has 0 saturated heterocycles. The highest BCUT2D eigenvalue weighted by Gasteiger charge is 2.14. The van der Waals surface area contributed by atoms with Crippen molar-refractivity contribution in [1.82, 2.24) is 0 Å².